The van der Waals surface area contributed by atoms with Crippen LogP contribution in [0.4, 0.5) is 5.69 Å². The highest BCUT2D eigenvalue weighted by molar-refractivity contribution is 5.97. The predicted octanol–water partition coefficient (Wildman–Crippen LogP) is 3.19. The van der Waals surface area contributed by atoms with Gasteiger partial charge in [0.2, 0.25) is 11.8 Å². The number of nitrogens with zero attached hydrogens (tertiary/aromatic N) is 3. The van der Waals surface area contributed by atoms with Crippen LogP contribution in [0.5, 0.6) is 0 Å². The zero-order valence-corrected chi connectivity index (χ0v) is 18.6. The van der Waals surface area contributed by atoms with Crippen molar-refractivity contribution in [3.8, 4) is 0 Å². The largest absolute Gasteiger partial charge is 0.342 e. The second-order valence-corrected chi connectivity index (χ2v) is 8.83. The van der Waals surface area contributed by atoms with E-state index < -0.39 is 0 Å². The van der Waals surface area contributed by atoms with E-state index in [4.69, 9.17) is 0 Å². The predicted molar refractivity (Wildman–Crippen MR) is 125 cm³/mol. The maximum Gasteiger partial charge on any atom is 0.241 e. The summed E-state index contributed by atoms with van der Waals surface area (Å²) in [5.74, 6) is 0.279. The molecule has 2 heterocycles. The number of piperazine rings is 1. The van der Waals surface area contributed by atoms with E-state index in [1.54, 1.807) is 0 Å². The Balaban J connectivity index is 1.25. The first-order valence-corrected chi connectivity index (χ1v) is 11.6. The van der Waals surface area contributed by atoms with E-state index in [1.807, 2.05) is 42.2 Å². The number of benzene rings is 2. The average molecular weight is 423 g/mol. The van der Waals surface area contributed by atoms with E-state index in [0.29, 0.717) is 6.54 Å². The molecule has 6 heteroatoms. The molecule has 0 spiro atoms. The molecule has 6 nitrogen and oxygen atoms in total. The van der Waals surface area contributed by atoms with E-state index in [9.17, 15) is 9.59 Å². The minimum absolute atomic E-state index is 0.0179. The van der Waals surface area contributed by atoms with Crippen LogP contribution >= 0.6 is 0 Å². The fourth-order valence-electron chi connectivity index (χ4n) is 4.60. The molecule has 31 heavy (non-hydrogen) atoms. The van der Waals surface area contributed by atoms with Gasteiger partial charge >= 0.3 is 0 Å². The number of amides is 2. The van der Waals surface area contributed by atoms with Gasteiger partial charge in [-0.1, -0.05) is 43.2 Å². The van der Waals surface area contributed by atoms with Gasteiger partial charge in [0.15, 0.2) is 0 Å². The third kappa shape index (κ3) is 5.63. The van der Waals surface area contributed by atoms with Crippen LogP contribution < -0.4 is 5.32 Å². The fraction of sp³-hybridized carbons (Fsp3) is 0.520. The average Bonchev–Trinajstić information content (AvgIpc) is 3.09. The molecule has 2 aromatic rings. The molecular weight excluding hydrogens is 388 g/mol. The van der Waals surface area contributed by atoms with E-state index in [1.165, 1.54) is 18.2 Å². The molecule has 4 rings (SSSR count). The second kappa shape index (κ2) is 10.2. The van der Waals surface area contributed by atoms with Crippen molar-refractivity contribution in [2.24, 2.45) is 0 Å². The van der Waals surface area contributed by atoms with Crippen molar-refractivity contribution in [2.75, 3.05) is 51.1 Å². The summed E-state index contributed by atoms with van der Waals surface area (Å²) in [6.45, 7) is 7.55. The lowest BCUT2D eigenvalue weighted by atomic mass is 10.1. The minimum Gasteiger partial charge on any atom is -0.342 e. The zero-order chi connectivity index (χ0) is 21.6. The smallest absolute Gasteiger partial charge is 0.241 e. The summed E-state index contributed by atoms with van der Waals surface area (Å²) in [5, 5.41) is 5.36. The van der Waals surface area contributed by atoms with E-state index in [2.05, 4.69) is 27.2 Å². The van der Waals surface area contributed by atoms with Crippen LogP contribution in [0, 0.1) is 0 Å². The van der Waals surface area contributed by atoms with Gasteiger partial charge in [0, 0.05) is 45.0 Å². The normalized spacial score (nSPS) is 19.7. The fourth-order valence-corrected chi connectivity index (χ4v) is 4.60. The first-order valence-electron chi connectivity index (χ1n) is 11.6. The van der Waals surface area contributed by atoms with E-state index in [0.717, 1.165) is 63.2 Å². The Morgan fingerprint density at radius 2 is 1.55 bits per heavy atom. The third-order valence-corrected chi connectivity index (χ3v) is 6.67. The van der Waals surface area contributed by atoms with Crippen LogP contribution in [0.3, 0.4) is 0 Å². The van der Waals surface area contributed by atoms with Crippen LogP contribution in [0.15, 0.2) is 42.5 Å². The highest BCUT2D eigenvalue weighted by atomic mass is 16.2. The number of carbonyl (C=O) groups is 2. The number of carbonyl (C=O) groups excluding carboxylic acids is 2. The van der Waals surface area contributed by atoms with Crippen LogP contribution in [0.1, 0.15) is 32.6 Å². The van der Waals surface area contributed by atoms with Gasteiger partial charge in [0.05, 0.1) is 12.6 Å². The summed E-state index contributed by atoms with van der Waals surface area (Å²) >= 11 is 0. The highest BCUT2D eigenvalue weighted by Crippen LogP contribution is 2.19. The number of hydrogen-bond donors (Lipinski definition) is 1. The topological polar surface area (TPSA) is 55.9 Å². The summed E-state index contributed by atoms with van der Waals surface area (Å²) < 4.78 is 0. The van der Waals surface area contributed by atoms with Crippen molar-refractivity contribution in [1.82, 2.24) is 14.7 Å². The first-order chi connectivity index (χ1) is 15.1. The Morgan fingerprint density at radius 1 is 0.871 bits per heavy atom. The van der Waals surface area contributed by atoms with Crippen molar-refractivity contribution in [2.45, 2.75) is 38.6 Å². The molecule has 0 radical (unpaired) electrons. The molecule has 2 saturated heterocycles. The van der Waals surface area contributed by atoms with Crippen molar-refractivity contribution >= 4 is 28.3 Å². The van der Waals surface area contributed by atoms with Gasteiger partial charge in [0.1, 0.15) is 0 Å². The zero-order valence-electron chi connectivity index (χ0n) is 18.6. The lowest BCUT2D eigenvalue weighted by Crippen LogP contribution is -2.54. The van der Waals surface area contributed by atoms with Gasteiger partial charge in [-0.3, -0.25) is 19.4 Å². The minimum atomic E-state index is -0.199. The van der Waals surface area contributed by atoms with Crippen molar-refractivity contribution in [3.05, 3.63) is 42.5 Å². The maximum atomic E-state index is 12.8. The quantitative estimate of drug-likeness (QED) is 0.804. The Bertz CT molecular complexity index is 899. The molecule has 166 valence electrons. The van der Waals surface area contributed by atoms with Crippen molar-refractivity contribution in [1.29, 1.82) is 0 Å². The van der Waals surface area contributed by atoms with Gasteiger partial charge in [-0.2, -0.15) is 0 Å². The van der Waals surface area contributed by atoms with Gasteiger partial charge in [-0.25, -0.2) is 0 Å². The second-order valence-electron chi connectivity index (χ2n) is 8.83. The molecule has 0 aromatic heterocycles. The van der Waals surface area contributed by atoms with Gasteiger partial charge in [-0.05, 0) is 42.7 Å². The Kier molecular flexibility index (Phi) is 7.20. The first kappa shape index (κ1) is 21.8. The number of nitrogens with one attached hydrogen (secondary N) is 1. The molecule has 1 atom stereocenters. The number of hydrogen-bond acceptors (Lipinski definition) is 4. The van der Waals surface area contributed by atoms with Crippen LogP contribution in [0.25, 0.3) is 10.8 Å². The lowest BCUT2D eigenvalue weighted by Gasteiger charge is -2.37. The number of rotatable bonds is 5. The van der Waals surface area contributed by atoms with Crippen LogP contribution in [-0.4, -0.2) is 78.4 Å². The molecular formula is C25H34N4O2. The molecule has 2 aliphatic rings. The number of likely N-dealkylation sites (tertiary alicyclic amines) is 1. The number of fused-ring (bicyclic) bond motifs is 1. The molecule has 1 N–H and O–H groups in total. The van der Waals surface area contributed by atoms with E-state index in [-0.39, 0.29) is 17.9 Å². The molecule has 2 fully saturated rings. The molecule has 2 aromatic carbocycles. The third-order valence-electron chi connectivity index (χ3n) is 6.67. The lowest BCUT2D eigenvalue weighted by molar-refractivity contribution is -0.133. The van der Waals surface area contributed by atoms with Gasteiger partial charge in [0.25, 0.3) is 0 Å². The van der Waals surface area contributed by atoms with Crippen molar-refractivity contribution in [3.63, 3.8) is 0 Å². The number of anilines is 1. The van der Waals surface area contributed by atoms with Crippen LogP contribution in [-0.2, 0) is 9.59 Å². The molecule has 2 aliphatic heterocycles. The standard InChI is InChI=1S/C25H34N4O2/c1-20(25(31)26-23-11-10-21-8-4-5-9-22(21)18-23)28-16-14-27(15-17-28)19-24(30)29-12-6-2-3-7-13-29/h4-5,8-11,18,20H,2-3,6-7,12-17,19H2,1H3,(H,26,31)/t20-/m0/s1. The monoisotopic (exact) mass is 422 g/mol. The molecule has 2 amide bonds. The molecule has 0 aliphatic carbocycles. The summed E-state index contributed by atoms with van der Waals surface area (Å²) in [6.07, 6.45) is 4.73. The summed E-state index contributed by atoms with van der Waals surface area (Å²) in [6, 6.07) is 14.0. The Labute approximate surface area is 185 Å². The van der Waals surface area contributed by atoms with Gasteiger partial charge in [-0.15, -0.1) is 0 Å². The summed E-state index contributed by atoms with van der Waals surface area (Å²) in [5.41, 5.74) is 0.831. The Morgan fingerprint density at radius 3 is 2.26 bits per heavy atom. The van der Waals surface area contributed by atoms with Gasteiger partial charge < -0.3 is 10.2 Å². The summed E-state index contributed by atoms with van der Waals surface area (Å²) in [4.78, 5) is 32.0. The SMILES string of the molecule is C[C@@H](C(=O)Nc1ccc2ccccc2c1)N1CCN(CC(=O)N2CCCCCC2)CC1. The Hall–Kier alpha value is -2.44. The molecule has 0 bridgehead atoms. The van der Waals surface area contributed by atoms with E-state index >= 15 is 0 Å². The maximum absolute atomic E-state index is 12.8. The van der Waals surface area contributed by atoms with Crippen LogP contribution in [0.2, 0.25) is 0 Å². The molecule has 0 unspecified atom stereocenters. The molecule has 0 saturated carbocycles. The van der Waals surface area contributed by atoms with Crippen molar-refractivity contribution < 1.29 is 9.59 Å². The summed E-state index contributed by atoms with van der Waals surface area (Å²) in [7, 11) is 0. The highest BCUT2D eigenvalue weighted by Gasteiger charge is 2.27.